The highest BCUT2D eigenvalue weighted by Gasteiger charge is 2.58. The molecule has 5 rings (SSSR count). The van der Waals surface area contributed by atoms with Crippen molar-refractivity contribution in [3.05, 3.63) is 101 Å². The van der Waals surface area contributed by atoms with Crippen molar-refractivity contribution in [1.29, 1.82) is 0 Å². The second-order valence-corrected chi connectivity index (χ2v) is 8.36. The molecule has 6 nitrogen and oxygen atoms in total. The lowest BCUT2D eigenvalue weighted by molar-refractivity contribution is 0.0525. The molecule has 7 heteroatoms. The molecular weight excluding hydrogens is 426 g/mol. The van der Waals surface area contributed by atoms with Crippen molar-refractivity contribution in [2.75, 3.05) is 25.0 Å². The molecule has 0 aliphatic carbocycles. The number of carbonyl (C=O) groups is 2. The largest absolute Gasteiger partial charge is 0.431 e. The van der Waals surface area contributed by atoms with E-state index < -0.39 is 5.60 Å². The highest BCUT2D eigenvalue weighted by Crippen LogP contribution is 2.45. The predicted molar refractivity (Wildman–Crippen MR) is 123 cm³/mol. The van der Waals surface area contributed by atoms with Crippen LogP contribution in [0.3, 0.4) is 0 Å². The van der Waals surface area contributed by atoms with Crippen molar-refractivity contribution in [3.8, 4) is 0 Å². The van der Waals surface area contributed by atoms with Gasteiger partial charge in [0.2, 0.25) is 0 Å². The van der Waals surface area contributed by atoms with E-state index in [-0.39, 0.29) is 18.2 Å². The summed E-state index contributed by atoms with van der Waals surface area (Å²) in [6.45, 7) is 1.17. The Labute approximate surface area is 191 Å². The zero-order chi connectivity index (χ0) is 22.1. The van der Waals surface area contributed by atoms with Crippen LogP contribution in [-0.4, -0.2) is 47.6 Å². The number of benzene rings is 3. The number of rotatable bonds is 3. The van der Waals surface area contributed by atoms with Crippen molar-refractivity contribution < 1.29 is 14.3 Å². The van der Waals surface area contributed by atoms with Gasteiger partial charge in [-0.1, -0.05) is 72.3 Å². The van der Waals surface area contributed by atoms with E-state index in [0.29, 0.717) is 30.3 Å². The van der Waals surface area contributed by atoms with Gasteiger partial charge < -0.3 is 15.0 Å². The third-order valence-electron chi connectivity index (χ3n) is 6.12. The molecule has 32 heavy (non-hydrogen) atoms. The molecule has 162 valence electrons. The third-order valence-corrected chi connectivity index (χ3v) is 6.37. The van der Waals surface area contributed by atoms with Crippen LogP contribution in [0.1, 0.15) is 11.1 Å². The number of nitrogens with zero attached hydrogens (tertiary/aromatic N) is 2. The smallest absolute Gasteiger partial charge is 0.411 e. The summed E-state index contributed by atoms with van der Waals surface area (Å²) in [6.07, 6.45) is -0.361. The number of hydrogen-bond acceptors (Lipinski definition) is 3. The maximum atomic E-state index is 13.0. The fourth-order valence-corrected chi connectivity index (χ4v) is 4.70. The number of urea groups is 1. The van der Waals surface area contributed by atoms with Crippen molar-refractivity contribution in [1.82, 2.24) is 9.80 Å². The summed E-state index contributed by atoms with van der Waals surface area (Å²) >= 11 is 5.94. The SMILES string of the molecule is O=C(Nc1ccc(Cl)cc1)N1CCN2C(=O)OC(c3ccccc3)(c3ccccc3)C2C1. The van der Waals surface area contributed by atoms with Crippen LogP contribution in [0.2, 0.25) is 5.02 Å². The molecule has 2 aliphatic heterocycles. The quantitative estimate of drug-likeness (QED) is 0.617. The molecule has 1 unspecified atom stereocenters. The molecule has 0 bridgehead atoms. The average molecular weight is 448 g/mol. The minimum absolute atomic E-state index is 0.221. The van der Waals surface area contributed by atoms with Crippen LogP contribution >= 0.6 is 11.6 Å². The molecule has 0 saturated carbocycles. The highest BCUT2D eigenvalue weighted by atomic mass is 35.5. The van der Waals surface area contributed by atoms with Crippen LogP contribution in [0.5, 0.6) is 0 Å². The van der Waals surface area contributed by atoms with Crippen LogP contribution in [0.4, 0.5) is 15.3 Å². The molecule has 3 aromatic rings. The van der Waals surface area contributed by atoms with Crippen LogP contribution in [0.25, 0.3) is 0 Å². The summed E-state index contributed by atoms with van der Waals surface area (Å²) in [5.74, 6) is 0. The van der Waals surface area contributed by atoms with Crippen molar-refractivity contribution in [2.45, 2.75) is 11.6 Å². The number of amides is 3. The van der Waals surface area contributed by atoms with E-state index >= 15 is 0 Å². The summed E-state index contributed by atoms with van der Waals surface area (Å²) in [7, 11) is 0. The van der Waals surface area contributed by atoms with Gasteiger partial charge in [0.05, 0.1) is 0 Å². The Morgan fingerprint density at radius 3 is 2.09 bits per heavy atom. The number of nitrogens with one attached hydrogen (secondary N) is 1. The number of cyclic esters (lactones) is 1. The number of ether oxygens (including phenoxy) is 1. The van der Waals surface area contributed by atoms with Crippen LogP contribution in [-0.2, 0) is 10.3 Å². The average Bonchev–Trinajstić information content (AvgIpc) is 3.14. The zero-order valence-electron chi connectivity index (χ0n) is 17.3. The van der Waals surface area contributed by atoms with Gasteiger partial charge in [0, 0.05) is 41.5 Å². The lowest BCUT2D eigenvalue weighted by Gasteiger charge is -2.42. The first-order valence-corrected chi connectivity index (χ1v) is 10.9. The molecule has 3 aromatic carbocycles. The fourth-order valence-electron chi connectivity index (χ4n) is 4.57. The molecule has 2 fully saturated rings. The molecule has 1 atom stereocenters. The van der Waals surface area contributed by atoms with Gasteiger partial charge in [-0.3, -0.25) is 4.90 Å². The number of piperazine rings is 1. The van der Waals surface area contributed by atoms with E-state index in [9.17, 15) is 9.59 Å². The van der Waals surface area contributed by atoms with Gasteiger partial charge >= 0.3 is 12.1 Å². The summed E-state index contributed by atoms with van der Waals surface area (Å²) in [5, 5.41) is 3.53. The number of fused-ring (bicyclic) bond motifs is 1. The van der Waals surface area contributed by atoms with Crippen molar-refractivity contribution >= 4 is 29.4 Å². The molecule has 2 heterocycles. The Kier molecular flexibility index (Phi) is 5.23. The maximum Gasteiger partial charge on any atom is 0.411 e. The first-order valence-electron chi connectivity index (χ1n) is 10.5. The van der Waals surface area contributed by atoms with E-state index in [2.05, 4.69) is 5.32 Å². The van der Waals surface area contributed by atoms with Gasteiger partial charge in [0.1, 0.15) is 6.04 Å². The van der Waals surface area contributed by atoms with E-state index in [1.807, 2.05) is 60.7 Å². The minimum atomic E-state index is -1.00. The number of carbonyl (C=O) groups excluding carboxylic acids is 2. The van der Waals surface area contributed by atoms with Gasteiger partial charge in [-0.25, -0.2) is 9.59 Å². The standard InChI is InChI=1S/C25H22ClN3O3/c26-20-11-13-21(14-12-20)27-23(30)28-15-16-29-22(17-28)25(32-24(29)31,18-7-3-1-4-8-18)19-9-5-2-6-10-19/h1-14,22H,15-17H2,(H,27,30). The zero-order valence-corrected chi connectivity index (χ0v) is 18.0. The lowest BCUT2D eigenvalue weighted by atomic mass is 9.79. The molecule has 1 N–H and O–H groups in total. The Morgan fingerprint density at radius 2 is 1.50 bits per heavy atom. The van der Waals surface area contributed by atoms with Crippen LogP contribution < -0.4 is 5.32 Å². The Balaban J connectivity index is 1.49. The van der Waals surface area contributed by atoms with E-state index in [4.69, 9.17) is 16.3 Å². The van der Waals surface area contributed by atoms with E-state index in [1.165, 1.54) is 0 Å². The van der Waals surface area contributed by atoms with E-state index in [0.717, 1.165) is 11.1 Å². The second kappa shape index (κ2) is 8.20. The number of anilines is 1. The summed E-state index contributed by atoms with van der Waals surface area (Å²) in [5.41, 5.74) is 1.43. The van der Waals surface area contributed by atoms with Gasteiger partial charge in [0.25, 0.3) is 0 Å². The monoisotopic (exact) mass is 447 g/mol. The van der Waals surface area contributed by atoms with Crippen molar-refractivity contribution in [2.24, 2.45) is 0 Å². The molecule has 0 aromatic heterocycles. The minimum Gasteiger partial charge on any atom is -0.431 e. The lowest BCUT2D eigenvalue weighted by Crippen LogP contribution is -2.59. The van der Waals surface area contributed by atoms with E-state index in [1.54, 1.807) is 34.1 Å². The maximum absolute atomic E-state index is 13.0. The first kappa shape index (κ1) is 20.4. The number of hydrogen-bond donors (Lipinski definition) is 1. The summed E-state index contributed by atoms with van der Waals surface area (Å²) < 4.78 is 6.14. The summed E-state index contributed by atoms with van der Waals surface area (Å²) in [6, 6.07) is 25.9. The number of halogens is 1. The third kappa shape index (κ3) is 3.46. The molecule has 2 aliphatic rings. The predicted octanol–water partition coefficient (Wildman–Crippen LogP) is 4.95. The van der Waals surface area contributed by atoms with Gasteiger partial charge in [-0.2, -0.15) is 0 Å². The Bertz CT molecular complexity index is 1080. The fraction of sp³-hybridized carbons (Fsp3) is 0.200. The van der Waals surface area contributed by atoms with Crippen LogP contribution in [0, 0.1) is 0 Å². The molecule has 2 saturated heterocycles. The van der Waals surface area contributed by atoms with Gasteiger partial charge in [-0.15, -0.1) is 0 Å². The van der Waals surface area contributed by atoms with Gasteiger partial charge in [-0.05, 0) is 24.3 Å². The Hall–Kier alpha value is -3.51. The Morgan fingerprint density at radius 1 is 0.906 bits per heavy atom. The molecule has 0 radical (unpaired) electrons. The molecule has 0 spiro atoms. The normalized spacial score (nSPS) is 19.3. The van der Waals surface area contributed by atoms with Gasteiger partial charge in [0.15, 0.2) is 5.60 Å². The van der Waals surface area contributed by atoms with Crippen LogP contribution in [0.15, 0.2) is 84.9 Å². The highest BCUT2D eigenvalue weighted by molar-refractivity contribution is 6.30. The summed E-state index contributed by atoms with van der Waals surface area (Å²) in [4.78, 5) is 29.5. The van der Waals surface area contributed by atoms with Crippen molar-refractivity contribution in [3.63, 3.8) is 0 Å². The second-order valence-electron chi connectivity index (χ2n) is 7.93. The molecular formula is C25H22ClN3O3. The topological polar surface area (TPSA) is 61.9 Å². The first-order chi connectivity index (χ1) is 15.6. The molecule has 3 amide bonds.